The van der Waals surface area contributed by atoms with Crippen molar-refractivity contribution in [3.63, 3.8) is 0 Å². The highest BCUT2D eigenvalue weighted by molar-refractivity contribution is 5.88. The Hall–Kier alpha value is -3.91. The van der Waals surface area contributed by atoms with Crippen molar-refractivity contribution in [1.82, 2.24) is 14.0 Å². The van der Waals surface area contributed by atoms with Gasteiger partial charge in [-0.05, 0) is 68.1 Å². The van der Waals surface area contributed by atoms with E-state index in [1.54, 1.807) is 29.3 Å². The summed E-state index contributed by atoms with van der Waals surface area (Å²) in [6.07, 6.45) is 2.05. The highest BCUT2D eigenvalue weighted by Gasteiger charge is 2.29. The standard InChI is InChI=1S/C29H30FN3O4/c1-29(2,3)37-28(36)32-11-10-23-22-8-6-20(15-25(22)31(4)26(23)16-32)33-12-9-19(14-27(33)35)21-7-5-18(17-34)13-24(21)30/h5-9,12-15,34H,10-11,16-17H2,1-4H3. The zero-order valence-corrected chi connectivity index (χ0v) is 21.4. The molecule has 2 aromatic heterocycles. The third kappa shape index (κ3) is 4.64. The summed E-state index contributed by atoms with van der Waals surface area (Å²) in [4.78, 5) is 27.4. The average molecular weight is 504 g/mol. The van der Waals surface area contributed by atoms with Gasteiger partial charge in [0.15, 0.2) is 0 Å². The van der Waals surface area contributed by atoms with Crippen molar-refractivity contribution in [2.75, 3.05) is 6.54 Å². The number of pyridine rings is 1. The van der Waals surface area contributed by atoms with E-state index in [1.807, 2.05) is 46.0 Å². The minimum Gasteiger partial charge on any atom is -0.444 e. The van der Waals surface area contributed by atoms with Crippen molar-refractivity contribution in [3.05, 3.63) is 87.7 Å². The molecule has 0 spiro atoms. The molecule has 3 heterocycles. The first-order chi connectivity index (χ1) is 17.6. The van der Waals surface area contributed by atoms with E-state index >= 15 is 0 Å². The van der Waals surface area contributed by atoms with Crippen LogP contribution in [0.15, 0.2) is 59.5 Å². The Morgan fingerprint density at radius 3 is 2.57 bits per heavy atom. The van der Waals surface area contributed by atoms with E-state index in [0.29, 0.717) is 35.5 Å². The van der Waals surface area contributed by atoms with Crippen LogP contribution in [0, 0.1) is 5.82 Å². The fraction of sp³-hybridized carbons (Fsp3) is 0.310. The third-order valence-corrected chi connectivity index (χ3v) is 6.77. The zero-order chi connectivity index (χ0) is 26.5. The zero-order valence-electron chi connectivity index (χ0n) is 21.4. The van der Waals surface area contributed by atoms with E-state index in [4.69, 9.17) is 4.74 Å². The summed E-state index contributed by atoms with van der Waals surface area (Å²) in [5.74, 6) is -0.486. The van der Waals surface area contributed by atoms with Crippen LogP contribution in [0.5, 0.6) is 0 Å². The van der Waals surface area contributed by atoms with Crippen LogP contribution in [0.2, 0.25) is 0 Å². The molecule has 8 heteroatoms. The van der Waals surface area contributed by atoms with E-state index in [2.05, 4.69) is 4.57 Å². The maximum absolute atomic E-state index is 14.5. The minimum atomic E-state index is -0.553. The molecular formula is C29H30FN3O4. The lowest BCUT2D eigenvalue weighted by Crippen LogP contribution is -2.40. The van der Waals surface area contributed by atoms with Gasteiger partial charge < -0.3 is 19.3 Å². The summed E-state index contributed by atoms with van der Waals surface area (Å²) < 4.78 is 23.7. The molecule has 0 saturated heterocycles. The topological polar surface area (TPSA) is 76.7 Å². The number of hydrogen-bond donors (Lipinski definition) is 1. The Morgan fingerprint density at radius 1 is 1.11 bits per heavy atom. The lowest BCUT2D eigenvalue weighted by molar-refractivity contribution is 0.0220. The summed E-state index contributed by atoms with van der Waals surface area (Å²) in [7, 11) is 1.97. The van der Waals surface area contributed by atoms with Crippen LogP contribution in [-0.2, 0) is 31.4 Å². The van der Waals surface area contributed by atoms with Gasteiger partial charge in [0.2, 0.25) is 0 Å². The molecule has 0 bridgehead atoms. The number of nitrogens with zero attached hydrogens (tertiary/aromatic N) is 3. The summed E-state index contributed by atoms with van der Waals surface area (Å²) in [6.45, 7) is 6.37. The molecule has 0 saturated carbocycles. The van der Waals surface area contributed by atoms with Gasteiger partial charge in [0.25, 0.3) is 5.56 Å². The first kappa shape index (κ1) is 24.8. The first-order valence-corrected chi connectivity index (χ1v) is 12.3. The molecule has 0 fully saturated rings. The lowest BCUT2D eigenvalue weighted by atomic mass is 10.0. The Labute approximate surface area is 214 Å². The van der Waals surface area contributed by atoms with Crippen LogP contribution in [-0.4, -0.2) is 37.4 Å². The fourth-order valence-electron chi connectivity index (χ4n) is 4.93. The maximum atomic E-state index is 14.5. The summed E-state index contributed by atoms with van der Waals surface area (Å²) in [5.41, 5.74) is 4.34. The van der Waals surface area contributed by atoms with Crippen LogP contribution in [0.1, 0.15) is 37.6 Å². The fourth-order valence-corrected chi connectivity index (χ4v) is 4.93. The predicted molar refractivity (Wildman–Crippen MR) is 140 cm³/mol. The molecule has 0 atom stereocenters. The molecule has 0 aliphatic carbocycles. The molecule has 5 rings (SSSR count). The first-order valence-electron chi connectivity index (χ1n) is 12.3. The number of halogens is 1. The lowest BCUT2D eigenvalue weighted by Gasteiger charge is -2.30. The van der Waals surface area contributed by atoms with Crippen molar-refractivity contribution in [2.45, 2.75) is 45.9 Å². The van der Waals surface area contributed by atoms with Crippen molar-refractivity contribution >= 4 is 17.0 Å². The quantitative estimate of drug-likeness (QED) is 0.431. The van der Waals surface area contributed by atoms with E-state index in [-0.39, 0.29) is 18.3 Å². The average Bonchev–Trinajstić information content (AvgIpc) is 3.13. The van der Waals surface area contributed by atoms with Gasteiger partial charge in [-0.2, -0.15) is 0 Å². The smallest absolute Gasteiger partial charge is 0.410 e. The number of carbonyl (C=O) groups is 1. The Bertz CT molecular complexity index is 1580. The molecule has 1 N–H and O–H groups in total. The maximum Gasteiger partial charge on any atom is 0.410 e. The molecule has 0 radical (unpaired) electrons. The van der Waals surface area contributed by atoms with Crippen LogP contribution < -0.4 is 5.56 Å². The van der Waals surface area contributed by atoms with E-state index in [1.165, 1.54) is 22.3 Å². The third-order valence-electron chi connectivity index (χ3n) is 6.77. The van der Waals surface area contributed by atoms with Crippen molar-refractivity contribution in [2.24, 2.45) is 7.05 Å². The molecule has 2 aromatic carbocycles. The van der Waals surface area contributed by atoms with Crippen LogP contribution in [0.4, 0.5) is 9.18 Å². The van der Waals surface area contributed by atoms with E-state index in [0.717, 1.165) is 23.0 Å². The highest BCUT2D eigenvalue weighted by Crippen LogP contribution is 2.32. The van der Waals surface area contributed by atoms with Crippen molar-refractivity contribution < 1.29 is 19.0 Å². The normalized spacial score (nSPS) is 13.6. The van der Waals surface area contributed by atoms with Gasteiger partial charge in [-0.1, -0.05) is 18.2 Å². The molecule has 0 unspecified atom stereocenters. The second kappa shape index (κ2) is 9.19. The van der Waals surface area contributed by atoms with Gasteiger partial charge in [0.05, 0.1) is 24.4 Å². The molecular weight excluding hydrogens is 473 g/mol. The van der Waals surface area contributed by atoms with Crippen LogP contribution in [0.3, 0.4) is 0 Å². The van der Waals surface area contributed by atoms with Gasteiger partial charge in [-0.15, -0.1) is 0 Å². The number of benzene rings is 2. The van der Waals surface area contributed by atoms with Gasteiger partial charge >= 0.3 is 6.09 Å². The number of ether oxygens (including phenoxy) is 1. The SMILES string of the molecule is Cn1c2c(c3ccc(-n4ccc(-c5ccc(CO)cc5F)cc4=O)cc31)CCN(C(=O)OC(C)(C)C)C2. The van der Waals surface area contributed by atoms with Gasteiger partial charge in [0, 0.05) is 42.5 Å². The molecule has 1 aliphatic heterocycles. The molecule has 1 aliphatic rings. The minimum absolute atomic E-state index is 0.247. The largest absolute Gasteiger partial charge is 0.444 e. The molecule has 7 nitrogen and oxygen atoms in total. The summed E-state index contributed by atoms with van der Waals surface area (Å²) >= 11 is 0. The van der Waals surface area contributed by atoms with Gasteiger partial charge in [-0.3, -0.25) is 9.36 Å². The van der Waals surface area contributed by atoms with E-state index < -0.39 is 11.4 Å². The molecule has 37 heavy (non-hydrogen) atoms. The van der Waals surface area contributed by atoms with Crippen LogP contribution in [0.25, 0.3) is 27.7 Å². The van der Waals surface area contributed by atoms with E-state index in [9.17, 15) is 19.1 Å². The van der Waals surface area contributed by atoms with Crippen molar-refractivity contribution in [1.29, 1.82) is 0 Å². The monoisotopic (exact) mass is 503 g/mol. The van der Waals surface area contributed by atoms with Crippen molar-refractivity contribution in [3.8, 4) is 16.8 Å². The highest BCUT2D eigenvalue weighted by atomic mass is 19.1. The number of aliphatic hydroxyl groups excluding tert-OH is 1. The van der Waals surface area contributed by atoms with Crippen LogP contribution >= 0.6 is 0 Å². The van der Waals surface area contributed by atoms with Gasteiger partial charge in [0.1, 0.15) is 11.4 Å². The number of fused-ring (bicyclic) bond motifs is 3. The number of rotatable bonds is 3. The van der Waals surface area contributed by atoms with Gasteiger partial charge in [-0.25, -0.2) is 9.18 Å². The number of aliphatic hydroxyl groups is 1. The summed E-state index contributed by atoms with van der Waals surface area (Å²) in [5, 5.41) is 10.3. The number of hydrogen-bond acceptors (Lipinski definition) is 4. The number of carbonyl (C=O) groups excluding carboxylic acids is 1. The number of aromatic nitrogens is 2. The molecule has 192 valence electrons. The molecule has 1 amide bonds. The Morgan fingerprint density at radius 2 is 1.89 bits per heavy atom. The predicted octanol–water partition coefficient (Wildman–Crippen LogP) is 4.92. The summed E-state index contributed by atoms with van der Waals surface area (Å²) in [6, 6.07) is 13.5. The Balaban J connectivity index is 1.47. The number of amides is 1. The number of aryl methyl sites for hydroxylation is 1. The second-order valence-electron chi connectivity index (χ2n) is 10.4. The second-order valence-corrected chi connectivity index (χ2v) is 10.4. The molecule has 4 aromatic rings. The Kier molecular flexibility index (Phi) is 6.15.